The van der Waals surface area contributed by atoms with Crippen LogP contribution in [0.1, 0.15) is 29.2 Å². The Morgan fingerprint density at radius 1 is 1.05 bits per heavy atom. The number of ether oxygens (including phenoxy) is 1. The second-order valence-electron chi connectivity index (χ2n) is 4.93. The molecule has 0 amide bonds. The van der Waals surface area contributed by atoms with E-state index in [9.17, 15) is 0 Å². The fourth-order valence-electron chi connectivity index (χ4n) is 1.87. The van der Waals surface area contributed by atoms with Gasteiger partial charge in [0.2, 0.25) is 0 Å². The van der Waals surface area contributed by atoms with Crippen LogP contribution in [-0.2, 0) is 13.1 Å². The molecule has 1 aromatic carbocycles. The van der Waals surface area contributed by atoms with Gasteiger partial charge in [-0.3, -0.25) is 0 Å². The summed E-state index contributed by atoms with van der Waals surface area (Å²) < 4.78 is 5.63. The summed E-state index contributed by atoms with van der Waals surface area (Å²) in [6.07, 6.45) is 0.228. The Bertz CT molecular complexity index is 502. The monoisotopic (exact) mass is 275 g/mol. The molecule has 19 heavy (non-hydrogen) atoms. The highest BCUT2D eigenvalue weighted by Gasteiger charge is 1.99. The zero-order valence-electron chi connectivity index (χ0n) is 11.8. The smallest absolute Gasteiger partial charge is 0.119 e. The van der Waals surface area contributed by atoms with E-state index in [4.69, 9.17) is 4.74 Å². The van der Waals surface area contributed by atoms with Crippen LogP contribution >= 0.6 is 11.3 Å². The third kappa shape index (κ3) is 4.69. The quantitative estimate of drug-likeness (QED) is 0.855. The summed E-state index contributed by atoms with van der Waals surface area (Å²) in [6, 6.07) is 12.7. The van der Waals surface area contributed by atoms with E-state index in [-0.39, 0.29) is 6.10 Å². The van der Waals surface area contributed by atoms with E-state index in [0.29, 0.717) is 0 Å². The molecule has 0 saturated carbocycles. The normalized spacial score (nSPS) is 10.9. The molecule has 3 heteroatoms. The van der Waals surface area contributed by atoms with Crippen molar-refractivity contribution in [2.24, 2.45) is 0 Å². The number of rotatable bonds is 6. The summed E-state index contributed by atoms with van der Waals surface area (Å²) in [5, 5.41) is 3.46. The van der Waals surface area contributed by atoms with Gasteiger partial charge in [-0.1, -0.05) is 12.1 Å². The third-order valence-corrected chi connectivity index (χ3v) is 3.72. The highest BCUT2D eigenvalue weighted by atomic mass is 32.1. The van der Waals surface area contributed by atoms with E-state index < -0.39 is 0 Å². The van der Waals surface area contributed by atoms with Crippen molar-refractivity contribution in [3.63, 3.8) is 0 Å². The van der Waals surface area contributed by atoms with Crippen molar-refractivity contribution in [2.45, 2.75) is 40.0 Å². The van der Waals surface area contributed by atoms with Gasteiger partial charge in [-0.15, -0.1) is 11.3 Å². The first kappa shape index (κ1) is 14.1. The van der Waals surface area contributed by atoms with Crippen LogP contribution in [0.25, 0.3) is 0 Å². The molecule has 0 atom stereocenters. The van der Waals surface area contributed by atoms with Crippen molar-refractivity contribution in [3.8, 4) is 5.75 Å². The molecule has 2 nitrogen and oxygen atoms in total. The lowest BCUT2D eigenvalue weighted by molar-refractivity contribution is 0.242. The van der Waals surface area contributed by atoms with E-state index >= 15 is 0 Å². The maximum atomic E-state index is 5.63. The predicted molar refractivity (Wildman–Crippen MR) is 81.8 cm³/mol. The lowest BCUT2D eigenvalue weighted by Gasteiger charge is -2.10. The largest absolute Gasteiger partial charge is 0.491 e. The van der Waals surface area contributed by atoms with Crippen LogP contribution in [0.3, 0.4) is 0 Å². The van der Waals surface area contributed by atoms with Gasteiger partial charge in [0.15, 0.2) is 0 Å². The van der Waals surface area contributed by atoms with Gasteiger partial charge in [0.05, 0.1) is 6.10 Å². The molecule has 0 radical (unpaired) electrons. The van der Waals surface area contributed by atoms with E-state index in [2.05, 4.69) is 36.5 Å². The topological polar surface area (TPSA) is 21.3 Å². The van der Waals surface area contributed by atoms with Gasteiger partial charge >= 0.3 is 0 Å². The van der Waals surface area contributed by atoms with Crippen molar-refractivity contribution in [1.29, 1.82) is 0 Å². The molecule has 0 unspecified atom stereocenters. The third-order valence-electron chi connectivity index (χ3n) is 2.72. The molecule has 102 valence electrons. The standard InChI is InChI=1S/C16H21NOS/c1-12(2)18-15-7-5-14(6-8-15)10-17-11-16-9-4-13(3)19-16/h4-9,12,17H,10-11H2,1-3H3. The Morgan fingerprint density at radius 2 is 1.79 bits per heavy atom. The maximum absolute atomic E-state index is 5.63. The number of aryl methyl sites for hydroxylation is 1. The fourth-order valence-corrected chi connectivity index (χ4v) is 2.73. The Kier molecular flexibility index (Phi) is 5.00. The lowest BCUT2D eigenvalue weighted by atomic mass is 10.2. The van der Waals surface area contributed by atoms with Gasteiger partial charge in [0, 0.05) is 22.8 Å². The summed E-state index contributed by atoms with van der Waals surface area (Å²) in [6.45, 7) is 8.04. The Labute approximate surface area is 119 Å². The number of hydrogen-bond acceptors (Lipinski definition) is 3. The number of hydrogen-bond donors (Lipinski definition) is 1. The van der Waals surface area contributed by atoms with Crippen molar-refractivity contribution < 1.29 is 4.74 Å². The van der Waals surface area contributed by atoms with Crippen molar-refractivity contribution in [1.82, 2.24) is 5.32 Å². The van der Waals surface area contributed by atoms with Crippen LogP contribution in [0, 0.1) is 6.92 Å². The minimum absolute atomic E-state index is 0.228. The molecule has 2 rings (SSSR count). The molecule has 1 heterocycles. The first-order valence-electron chi connectivity index (χ1n) is 6.65. The Hall–Kier alpha value is -1.32. The van der Waals surface area contributed by atoms with E-state index in [0.717, 1.165) is 18.8 Å². The van der Waals surface area contributed by atoms with E-state index in [1.165, 1.54) is 15.3 Å². The summed E-state index contributed by atoms with van der Waals surface area (Å²) in [5.41, 5.74) is 1.28. The molecular formula is C16H21NOS. The molecule has 1 aromatic heterocycles. The fraction of sp³-hybridized carbons (Fsp3) is 0.375. The maximum Gasteiger partial charge on any atom is 0.119 e. The van der Waals surface area contributed by atoms with Crippen molar-refractivity contribution in [2.75, 3.05) is 0 Å². The van der Waals surface area contributed by atoms with E-state index in [1.807, 2.05) is 37.3 Å². The van der Waals surface area contributed by atoms with Crippen LogP contribution in [0.15, 0.2) is 36.4 Å². The summed E-state index contributed by atoms with van der Waals surface area (Å²) in [5.74, 6) is 0.938. The minimum Gasteiger partial charge on any atom is -0.491 e. The zero-order valence-corrected chi connectivity index (χ0v) is 12.6. The van der Waals surface area contributed by atoms with Crippen LogP contribution in [0.4, 0.5) is 0 Å². The lowest BCUT2D eigenvalue weighted by Crippen LogP contribution is -2.11. The predicted octanol–water partition coefficient (Wildman–Crippen LogP) is 4.13. The highest BCUT2D eigenvalue weighted by Crippen LogP contribution is 2.16. The second-order valence-corrected chi connectivity index (χ2v) is 6.30. The van der Waals surface area contributed by atoms with Gasteiger partial charge in [0.1, 0.15) is 5.75 Å². The summed E-state index contributed by atoms with van der Waals surface area (Å²) >= 11 is 1.85. The molecule has 2 aromatic rings. The first-order chi connectivity index (χ1) is 9.13. The van der Waals surface area contributed by atoms with E-state index in [1.54, 1.807) is 0 Å². The van der Waals surface area contributed by atoms with Gasteiger partial charge in [0.25, 0.3) is 0 Å². The summed E-state index contributed by atoms with van der Waals surface area (Å²) in [4.78, 5) is 2.75. The molecule has 0 saturated heterocycles. The average Bonchev–Trinajstić information content (AvgIpc) is 2.77. The number of nitrogens with one attached hydrogen (secondary N) is 1. The van der Waals surface area contributed by atoms with Crippen LogP contribution in [0.5, 0.6) is 5.75 Å². The van der Waals surface area contributed by atoms with Crippen LogP contribution in [-0.4, -0.2) is 6.10 Å². The van der Waals surface area contributed by atoms with Crippen LogP contribution < -0.4 is 10.1 Å². The average molecular weight is 275 g/mol. The second kappa shape index (κ2) is 6.73. The van der Waals surface area contributed by atoms with Gasteiger partial charge < -0.3 is 10.1 Å². The minimum atomic E-state index is 0.228. The molecule has 0 aliphatic rings. The molecule has 0 spiro atoms. The number of thiophene rings is 1. The van der Waals surface area contributed by atoms with Gasteiger partial charge in [-0.25, -0.2) is 0 Å². The molecule has 0 fully saturated rings. The molecular weight excluding hydrogens is 254 g/mol. The Balaban J connectivity index is 1.79. The first-order valence-corrected chi connectivity index (χ1v) is 7.47. The van der Waals surface area contributed by atoms with Gasteiger partial charge in [-0.05, 0) is 50.6 Å². The van der Waals surface area contributed by atoms with Crippen molar-refractivity contribution in [3.05, 3.63) is 51.7 Å². The molecule has 0 aliphatic carbocycles. The molecule has 1 N–H and O–H groups in total. The number of benzene rings is 1. The van der Waals surface area contributed by atoms with Crippen molar-refractivity contribution >= 4 is 11.3 Å². The highest BCUT2D eigenvalue weighted by molar-refractivity contribution is 7.11. The Morgan fingerprint density at radius 3 is 2.37 bits per heavy atom. The van der Waals surface area contributed by atoms with Gasteiger partial charge in [-0.2, -0.15) is 0 Å². The molecule has 0 aliphatic heterocycles. The zero-order chi connectivity index (χ0) is 13.7. The molecule has 0 bridgehead atoms. The SMILES string of the molecule is Cc1ccc(CNCc2ccc(OC(C)C)cc2)s1. The van der Waals surface area contributed by atoms with Crippen LogP contribution in [0.2, 0.25) is 0 Å². The summed E-state index contributed by atoms with van der Waals surface area (Å²) in [7, 11) is 0.